The number of amides is 1. The van der Waals surface area contributed by atoms with Gasteiger partial charge < -0.3 is 10.3 Å². The Morgan fingerprint density at radius 2 is 1.77 bits per heavy atom. The Morgan fingerprint density at radius 3 is 2.43 bits per heavy atom. The molecule has 0 atom stereocenters. The first-order chi connectivity index (χ1) is 14.3. The molecule has 152 valence electrons. The zero-order chi connectivity index (χ0) is 21.7. The number of para-hydroxylation sites is 1. The molecular weight excluding hydrogens is 415 g/mol. The van der Waals surface area contributed by atoms with E-state index in [9.17, 15) is 22.8 Å². The number of carbonyl (C=O) groups excluding carboxylic acids is 1. The van der Waals surface area contributed by atoms with E-state index in [4.69, 9.17) is 5.26 Å². The van der Waals surface area contributed by atoms with Crippen LogP contribution in [0.3, 0.4) is 0 Å². The van der Waals surface area contributed by atoms with Crippen LogP contribution in [0.25, 0.3) is 11.1 Å². The molecule has 2 aromatic carbocycles. The van der Waals surface area contributed by atoms with E-state index in [-0.39, 0.29) is 10.8 Å². The third-order valence-corrected chi connectivity index (χ3v) is 5.06. The number of nitrogens with zero attached hydrogens (tertiary/aromatic N) is 1. The number of pyridine rings is 1. The van der Waals surface area contributed by atoms with Crippen molar-refractivity contribution in [2.75, 3.05) is 11.1 Å². The molecule has 1 heterocycles. The molecule has 0 radical (unpaired) electrons. The SMILES string of the molecule is N#Cc1c(C(F)(F)F)cc(=O)[nH]c1SCC(=O)Nc1ccccc1-c1ccccc1. The number of hydrogen-bond donors (Lipinski definition) is 2. The van der Waals surface area contributed by atoms with Crippen LogP contribution in [-0.2, 0) is 11.0 Å². The summed E-state index contributed by atoms with van der Waals surface area (Å²) in [7, 11) is 0. The number of H-pyrrole nitrogens is 1. The Balaban J connectivity index is 1.80. The number of aromatic nitrogens is 1. The average molecular weight is 429 g/mol. The van der Waals surface area contributed by atoms with Crippen molar-refractivity contribution in [1.82, 2.24) is 4.98 Å². The van der Waals surface area contributed by atoms with Crippen molar-refractivity contribution in [2.24, 2.45) is 0 Å². The van der Waals surface area contributed by atoms with Crippen LogP contribution >= 0.6 is 11.8 Å². The smallest absolute Gasteiger partial charge is 0.325 e. The summed E-state index contributed by atoms with van der Waals surface area (Å²) >= 11 is 0.655. The van der Waals surface area contributed by atoms with E-state index >= 15 is 0 Å². The third kappa shape index (κ3) is 4.90. The molecule has 0 aliphatic heterocycles. The molecule has 0 fully saturated rings. The quantitative estimate of drug-likeness (QED) is 0.578. The molecular formula is C21H14F3N3O2S. The first-order valence-corrected chi connectivity index (χ1v) is 9.60. The number of carbonyl (C=O) groups is 1. The number of halogens is 3. The van der Waals surface area contributed by atoms with Crippen molar-refractivity contribution in [1.29, 1.82) is 5.26 Å². The van der Waals surface area contributed by atoms with Gasteiger partial charge in [-0.25, -0.2) is 0 Å². The number of hydrogen-bond acceptors (Lipinski definition) is 4. The van der Waals surface area contributed by atoms with Gasteiger partial charge in [-0.2, -0.15) is 18.4 Å². The third-order valence-electron chi connectivity index (χ3n) is 4.06. The van der Waals surface area contributed by atoms with Gasteiger partial charge in [0.05, 0.1) is 21.9 Å². The van der Waals surface area contributed by atoms with Crippen molar-refractivity contribution in [2.45, 2.75) is 11.2 Å². The minimum absolute atomic E-state index is 0.297. The van der Waals surface area contributed by atoms with E-state index in [1.807, 2.05) is 42.5 Å². The summed E-state index contributed by atoms with van der Waals surface area (Å²) in [6.45, 7) is 0. The number of nitriles is 1. The van der Waals surface area contributed by atoms with E-state index in [0.717, 1.165) is 11.1 Å². The van der Waals surface area contributed by atoms with E-state index in [1.54, 1.807) is 12.1 Å². The monoisotopic (exact) mass is 429 g/mol. The molecule has 5 nitrogen and oxygen atoms in total. The average Bonchev–Trinajstić information content (AvgIpc) is 2.72. The summed E-state index contributed by atoms with van der Waals surface area (Å²) in [4.78, 5) is 26.2. The lowest BCUT2D eigenvalue weighted by Gasteiger charge is -2.13. The molecule has 0 spiro atoms. The lowest BCUT2D eigenvalue weighted by atomic mass is 10.0. The minimum atomic E-state index is -4.86. The molecule has 3 rings (SSSR count). The Bertz CT molecular complexity index is 1170. The first-order valence-electron chi connectivity index (χ1n) is 8.61. The fraction of sp³-hybridized carbons (Fsp3) is 0.0952. The molecule has 1 amide bonds. The maximum Gasteiger partial charge on any atom is 0.417 e. The molecule has 30 heavy (non-hydrogen) atoms. The van der Waals surface area contributed by atoms with Gasteiger partial charge in [0.25, 0.3) is 0 Å². The summed E-state index contributed by atoms with van der Waals surface area (Å²) in [6, 6.07) is 18.2. The zero-order valence-corrected chi connectivity index (χ0v) is 16.1. The van der Waals surface area contributed by atoms with Crippen molar-refractivity contribution in [3.63, 3.8) is 0 Å². The summed E-state index contributed by atoms with van der Waals surface area (Å²) in [5.74, 6) is -0.791. The van der Waals surface area contributed by atoms with Crippen molar-refractivity contribution < 1.29 is 18.0 Å². The van der Waals surface area contributed by atoms with Crippen molar-refractivity contribution in [3.05, 3.63) is 82.1 Å². The summed E-state index contributed by atoms with van der Waals surface area (Å²) in [6.07, 6.45) is -4.86. The fourth-order valence-electron chi connectivity index (χ4n) is 2.76. The molecule has 2 N–H and O–H groups in total. The highest BCUT2D eigenvalue weighted by Gasteiger charge is 2.35. The maximum atomic E-state index is 13.1. The van der Waals surface area contributed by atoms with Gasteiger partial charge in [0.2, 0.25) is 11.5 Å². The molecule has 0 bridgehead atoms. The first kappa shape index (κ1) is 21.2. The van der Waals surface area contributed by atoms with E-state index < -0.39 is 28.8 Å². The maximum absolute atomic E-state index is 13.1. The van der Waals surface area contributed by atoms with Crippen LogP contribution in [-0.4, -0.2) is 16.6 Å². The summed E-state index contributed by atoms with van der Waals surface area (Å²) < 4.78 is 39.3. The van der Waals surface area contributed by atoms with Gasteiger partial charge in [-0.1, -0.05) is 60.3 Å². The Hall–Kier alpha value is -3.51. The van der Waals surface area contributed by atoms with Crippen LogP contribution in [0.4, 0.5) is 18.9 Å². The molecule has 0 saturated heterocycles. The van der Waals surface area contributed by atoms with Gasteiger partial charge in [0.1, 0.15) is 6.07 Å². The van der Waals surface area contributed by atoms with Crippen molar-refractivity contribution >= 4 is 23.4 Å². The molecule has 1 aromatic heterocycles. The number of alkyl halides is 3. The number of thioether (sulfide) groups is 1. The number of benzene rings is 2. The minimum Gasteiger partial charge on any atom is -0.325 e. The highest BCUT2D eigenvalue weighted by molar-refractivity contribution is 8.00. The molecule has 0 aliphatic rings. The number of nitrogens with one attached hydrogen (secondary N) is 2. The Labute approximate surface area is 173 Å². The van der Waals surface area contributed by atoms with E-state index in [2.05, 4.69) is 10.3 Å². The van der Waals surface area contributed by atoms with Crippen LogP contribution < -0.4 is 10.9 Å². The van der Waals surface area contributed by atoms with Crippen molar-refractivity contribution in [3.8, 4) is 17.2 Å². The summed E-state index contributed by atoms with van der Waals surface area (Å²) in [5, 5.41) is 11.5. The van der Waals surface area contributed by atoms with Crippen LogP contribution in [0.1, 0.15) is 11.1 Å². The van der Waals surface area contributed by atoms with Gasteiger partial charge in [-0.3, -0.25) is 9.59 Å². The second-order valence-corrected chi connectivity index (χ2v) is 7.10. The number of aromatic amines is 1. The largest absolute Gasteiger partial charge is 0.417 e. The van der Waals surface area contributed by atoms with Crippen LogP contribution in [0, 0.1) is 11.3 Å². The van der Waals surface area contributed by atoms with Crippen LogP contribution in [0.5, 0.6) is 0 Å². The van der Waals surface area contributed by atoms with Gasteiger partial charge in [0, 0.05) is 17.3 Å². The highest BCUT2D eigenvalue weighted by Crippen LogP contribution is 2.34. The summed E-state index contributed by atoms with van der Waals surface area (Å²) in [5.41, 5.74) is -0.849. The second kappa shape index (κ2) is 8.88. The van der Waals surface area contributed by atoms with Gasteiger partial charge in [0.15, 0.2) is 0 Å². The molecule has 3 aromatic rings. The molecule has 9 heteroatoms. The topological polar surface area (TPSA) is 85.8 Å². The number of anilines is 1. The second-order valence-electron chi connectivity index (χ2n) is 6.11. The van der Waals surface area contributed by atoms with Crippen LogP contribution in [0.15, 0.2) is 70.5 Å². The lowest BCUT2D eigenvalue weighted by molar-refractivity contribution is -0.138. The molecule has 0 saturated carbocycles. The normalized spacial score (nSPS) is 11.0. The lowest BCUT2D eigenvalue weighted by Crippen LogP contribution is -2.19. The van der Waals surface area contributed by atoms with Gasteiger partial charge in [-0.05, 0) is 11.6 Å². The van der Waals surface area contributed by atoms with E-state index in [1.165, 1.54) is 6.07 Å². The van der Waals surface area contributed by atoms with Gasteiger partial charge >= 0.3 is 6.18 Å². The predicted molar refractivity (Wildman–Crippen MR) is 108 cm³/mol. The number of rotatable bonds is 5. The Morgan fingerprint density at radius 1 is 1.10 bits per heavy atom. The predicted octanol–water partition coefficient (Wildman–Crippen LogP) is 4.66. The van der Waals surface area contributed by atoms with Gasteiger partial charge in [-0.15, -0.1) is 0 Å². The van der Waals surface area contributed by atoms with Crippen LogP contribution in [0.2, 0.25) is 0 Å². The van der Waals surface area contributed by atoms with E-state index in [0.29, 0.717) is 23.5 Å². The standard InChI is InChI=1S/C21H14F3N3O2S/c22-21(23,24)16-10-18(28)27-20(15(16)11-25)30-12-19(29)26-17-9-5-4-8-14(17)13-6-2-1-3-7-13/h1-10H,12H2,(H,26,29)(H,27,28). The molecule has 0 aliphatic carbocycles. The highest BCUT2D eigenvalue weighted by atomic mass is 32.2. The fourth-order valence-corrected chi connectivity index (χ4v) is 3.58. The molecule has 0 unspecified atom stereocenters. The zero-order valence-electron chi connectivity index (χ0n) is 15.3. The Kier molecular flexibility index (Phi) is 6.28.